The predicted molar refractivity (Wildman–Crippen MR) is 109 cm³/mol. The molecule has 0 saturated heterocycles. The van der Waals surface area contributed by atoms with Crippen LogP contribution in [0.3, 0.4) is 0 Å². The Hall–Kier alpha value is -2.47. The molecule has 1 heterocycles. The van der Waals surface area contributed by atoms with Crippen molar-refractivity contribution in [1.29, 1.82) is 0 Å². The van der Waals surface area contributed by atoms with Crippen LogP contribution in [-0.4, -0.2) is 43.1 Å². The summed E-state index contributed by atoms with van der Waals surface area (Å²) in [5.74, 6) is 1.07. The van der Waals surface area contributed by atoms with Crippen LogP contribution in [0.2, 0.25) is 5.02 Å². The maximum atomic E-state index is 12.6. The molecule has 0 unspecified atom stereocenters. The second-order valence-corrected chi connectivity index (χ2v) is 6.44. The first-order valence-corrected chi connectivity index (χ1v) is 9.35. The lowest BCUT2D eigenvalue weighted by Gasteiger charge is -2.21. The number of hydrogen-bond donors (Lipinski definition) is 1. The smallest absolute Gasteiger partial charge is 0.272 e. The summed E-state index contributed by atoms with van der Waals surface area (Å²) in [6.07, 6.45) is 3.47. The number of rotatable bonds is 9. The number of pyridine rings is 1. The molecule has 2 rings (SSSR count). The van der Waals surface area contributed by atoms with Crippen molar-refractivity contribution in [1.82, 2.24) is 9.88 Å². The molecule has 146 valence electrons. The van der Waals surface area contributed by atoms with Crippen LogP contribution < -0.4 is 14.8 Å². The number of benzene rings is 1. The summed E-state index contributed by atoms with van der Waals surface area (Å²) in [6.45, 7) is 5.58. The van der Waals surface area contributed by atoms with Crippen molar-refractivity contribution < 1.29 is 14.3 Å². The number of nitrogens with zero attached hydrogens (tertiary/aromatic N) is 2. The molecule has 27 heavy (non-hydrogen) atoms. The fourth-order valence-electron chi connectivity index (χ4n) is 2.72. The normalized spacial score (nSPS) is 10.4. The molecule has 0 radical (unpaired) electrons. The van der Waals surface area contributed by atoms with Crippen LogP contribution in [0, 0.1) is 0 Å². The molecular weight excluding hydrogens is 366 g/mol. The van der Waals surface area contributed by atoms with Crippen LogP contribution in [0.25, 0.3) is 0 Å². The van der Waals surface area contributed by atoms with Gasteiger partial charge in [-0.2, -0.15) is 0 Å². The average Bonchev–Trinajstić information content (AvgIpc) is 2.68. The number of halogens is 1. The van der Waals surface area contributed by atoms with E-state index in [2.05, 4.69) is 24.1 Å². The second kappa shape index (κ2) is 10.0. The van der Waals surface area contributed by atoms with E-state index in [4.69, 9.17) is 21.1 Å². The lowest BCUT2D eigenvalue weighted by molar-refractivity contribution is 0.0749. The molecule has 0 atom stereocenters. The Morgan fingerprint density at radius 1 is 1.11 bits per heavy atom. The number of ether oxygens (including phenoxy) is 2. The van der Waals surface area contributed by atoms with E-state index in [1.807, 2.05) is 11.0 Å². The molecule has 1 amide bonds. The number of methoxy groups -OCH3 is 2. The zero-order chi connectivity index (χ0) is 19.8. The molecular formula is C20H26ClN3O3. The van der Waals surface area contributed by atoms with Crippen LogP contribution >= 0.6 is 11.6 Å². The Balaban J connectivity index is 2.19. The van der Waals surface area contributed by atoms with Crippen molar-refractivity contribution in [3.8, 4) is 11.5 Å². The minimum Gasteiger partial charge on any atom is -0.495 e. The molecule has 0 aliphatic carbocycles. The Morgan fingerprint density at radius 2 is 1.78 bits per heavy atom. The van der Waals surface area contributed by atoms with Gasteiger partial charge in [0.1, 0.15) is 17.2 Å². The number of carbonyl (C=O) groups excluding carboxylic acids is 1. The highest BCUT2D eigenvalue weighted by molar-refractivity contribution is 6.32. The van der Waals surface area contributed by atoms with Crippen molar-refractivity contribution >= 4 is 28.9 Å². The van der Waals surface area contributed by atoms with E-state index < -0.39 is 0 Å². The second-order valence-electron chi connectivity index (χ2n) is 6.04. The number of carbonyl (C=O) groups is 1. The van der Waals surface area contributed by atoms with E-state index in [0.717, 1.165) is 31.6 Å². The zero-order valence-electron chi connectivity index (χ0n) is 16.2. The molecule has 1 N–H and O–H groups in total. The molecule has 2 aromatic rings. The van der Waals surface area contributed by atoms with Crippen LogP contribution in [-0.2, 0) is 0 Å². The lowest BCUT2D eigenvalue weighted by atomic mass is 10.2. The lowest BCUT2D eigenvalue weighted by Crippen LogP contribution is -2.33. The first-order valence-electron chi connectivity index (χ1n) is 8.97. The van der Waals surface area contributed by atoms with Gasteiger partial charge < -0.3 is 19.7 Å². The summed E-state index contributed by atoms with van der Waals surface area (Å²) in [4.78, 5) is 18.8. The first-order chi connectivity index (χ1) is 13.0. The third-order valence-corrected chi connectivity index (χ3v) is 4.31. The minimum atomic E-state index is -0.0454. The molecule has 0 aliphatic heterocycles. The standard InChI is InChI=1S/C20H26ClN3O3/c1-5-9-24(10-6-2)20(25)16-8-7-14(13-22-16)23-17-12-18(26-3)15(21)11-19(17)27-4/h7-8,11-13,23H,5-6,9-10H2,1-4H3. The number of anilines is 2. The maximum Gasteiger partial charge on any atom is 0.272 e. The molecule has 7 heteroatoms. The summed E-state index contributed by atoms with van der Waals surface area (Å²) in [5.41, 5.74) is 1.85. The van der Waals surface area contributed by atoms with Gasteiger partial charge in [0.15, 0.2) is 0 Å². The Bertz CT molecular complexity index is 760. The highest BCUT2D eigenvalue weighted by atomic mass is 35.5. The molecule has 0 bridgehead atoms. The summed E-state index contributed by atoms with van der Waals surface area (Å²) in [7, 11) is 3.12. The van der Waals surface area contributed by atoms with Crippen molar-refractivity contribution in [2.75, 3.05) is 32.6 Å². The molecule has 0 saturated carbocycles. The van der Waals surface area contributed by atoms with E-state index in [-0.39, 0.29) is 5.91 Å². The number of amides is 1. The first kappa shape index (κ1) is 20.8. The van der Waals surface area contributed by atoms with Gasteiger partial charge in [0.2, 0.25) is 0 Å². The topological polar surface area (TPSA) is 63.7 Å². The average molecular weight is 392 g/mol. The zero-order valence-corrected chi connectivity index (χ0v) is 17.0. The van der Waals surface area contributed by atoms with Gasteiger partial charge in [0.05, 0.1) is 36.8 Å². The van der Waals surface area contributed by atoms with Gasteiger partial charge in [0, 0.05) is 25.2 Å². The Morgan fingerprint density at radius 3 is 2.30 bits per heavy atom. The van der Waals surface area contributed by atoms with Crippen molar-refractivity contribution in [3.05, 3.63) is 41.2 Å². The van der Waals surface area contributed by atoms with Crippen molar-refractivity contribution in [2.45, 2.75) is 26.7 Å². The minimum absolute atomic E-state index is 0.0454. The van der Waals surface area contributed by atoms with Gasteiger partial charge in [-0.1, -0.05) is 25.4 Å². The molecule has 0 aliphatic rings. The Kier molecular flexibility index (Phi) is 7.73. The fraction of sp³-hybridized carbons (Fsp3) is 0.400. The number of hydrogen-bond acceptors (Lipinski definition) is 5. The maximum absolute atomic E-state index is 12.6. The molecule has 6 nitrogen and oxygen atoms in total. The highest BCUT2D eigenvalue weighted by Crippen LogP contribution is 2.37. The van der Waals surface area contributed by atoms with Gasteiger partial charge in [-0.15, -0.1) is 0 Å². The van der Waals surface area contributed by atoms with Crippen LogP contribution in [0.1, 0.15) is 37.2 Å². The van der Waals surface area contributed by atoms with E-state index in [1.165, 1.54) is 0 Å². The summed E-state index contributed by atoms with van der Waals surface area (Å²) >= 11 is 6.13. The predicted octanol–water partition coefficient (Wildman–Crippen LogP) is 4.76. The Labute approximate surface area is 165 Å². The van der Waals surface area contributed by atoms with Gasteiger partial charge in [-0.05, 0) is 25.0 Å². The van der Waals surface area contributed by atoms with E-state index in [1.54, 1.807) is 38.6 Å². The summed E-state index contributed by atoms with van der Waals surface area (Å²) in [5, 5.41) is 3.68. The highest BCUT2D eigenvalue weighted by Gasteiger charge is 2.16. The van der Waals surface area contributed by atoms with Crippen LogP contribution in [0.15, 0.2) is 30.5 Å². The third-order valence-electron chi connectivity index (χ3n) is 4.01. The van der Waals surface area contributed by atoms with Crippen LogP contribution in [0.5, 0.6) is 11.5 Å². The fourth-order valence-corrected chi connectivity index (χ4v) is 2.96. The van der Waals surface area contributed by atoms with Gasteiger partial charge in [0.25, 0.3) is 5.91 Å². The van der Waals surface area contributed by atoms with Gasteiger partial charge in [-0.3, -0.25) is 4.79 Å². The molecule has 1 aromatic heterocycles. The summed E-state index contributed by atoms with van der Waals surface area (Å²) in [6, 6.07) is 6.98. The molecule has 0 fully saturated rings. The van der Waals surface area contributed by atoms with E-state index in [9.17, 15) is 4.79 Å². The van der Waals surface area contributed by atoms with E-state index >= 15 is 0 Å². The number of aromatic nitrogens is 1. The third kappa shape index (κ3) is 5.26. The summed E-state index contributed by atoms with van der Waals surface area (Å²) < 4.78 is 10.6. The van der Waals surface area contributed by atoms with Crippen molar-refractivity contribution in [3.63, 3.8) is 0 Å². The van der Waals surface area contributed by atoms with Crippen LogP contribution in [0.4, 0.5) is 11.4 Å². The number of nitrogens with one attached hydrogen (secondary N) is 1. The van der Waals surface area contributed by atoms with E-state index in [0.29, 0.717) is 27.9 Å². The monoisotopic (exact) mass is 391 g/mol. The molecule has 1 aromatic carbocycles. The quantitative estimate of drug-likeness (QED) is 0.667. The largest absolute Gasteiger partial charge is 0.495 e. The van der Waals surface area contributed by atoms with Gasteiger partial charge in [-0.25, -0.2) is 4.98 Å². The van der Waals surface area contributed by atoms with Gasteiger partial charge >= 0.3 is 0 Å². The van der Waals surface area contributed by atoms with Crippen molar-refractivity contribution in [2.24, 2.45) is 0 Å². The molecule has 0 spiro atoms. The SMILES string of the molecule is CCCN(CCC)C(=O)c1ccc(Nc2cc(OC)c(Cl)cc2OC)cn1.